The number of nitrogens with zero attached hydrogens (tertiary/aromatic N) is 3. The lowest BCUT2D eigenvalue weighted by Gasteiger charge is -2.27. The van der Waals surface area contributed by atoms with Crippen LogP contribution >= 0.6 is 12.4 Å². The molecule has 0 bridgehead atoms. The predicted octanol–water partition coefficient (Wildman–Crippen LogP) is 8.43. The van der Waals surface area contributed by atoms with E-state index in [2.05, 4.69) is 15.3 Å². The van der Waals surface area contributed by atoms with Crippen LogP contribution in [0.3, 0.4) is 0 Å². The quantitative estimate of drug-likeness (QED) is 0.0742. The van der Waals surface area contributed by atoms with Gasteiger partial charge in [-0.2, -0.15) is 9.59 Å². The third-order valence-electron chi connectivity index (χ3n) is 9.70. The summed E-state index contributed by atoms with van der Waals surface area (Å²) in [6, 6.07) is 16.7. The lowest BCUT2D eigenvalue weighted by atomic mass is 9.77. The molecular weight excluding hydrogens is 674 g/mol. The third-order valence-corrected chi connectivity index (χ3v) is 9.70. The van der Waals surface area contributed by atoms with E-state index in [-0.39, 0.29) is 53.1 Å². The van der Waals surface area contributed by atoms with Crippen LogP contribution in [0.2, 0.25) is 0 Å². The number of carbonyl (C=O) groups excluding carboxylic acids is 2. The van der Waals surface area contributed by atoms with E-state index in [0.29, 0.717) is 29.4 Å². The number of aromatic amines is 1. The van der Waals surface area contributed by atoms with Gasteiger partial charge < -0.3 is 21.1 Å². The minimum absolute atomic E-state index is 0. The van der Waals surface area contributed by atoms with E-state index < -0.39 is 5.97 Å². The molecule has 2 saturated carbocycles. The van der Waals surface area contributed by atoms with Crippen LogP contribution in [0.5, 0.6) is 11.5 Å². The molecule has 2 unspecified atom stereocenters. The van der Waals surface area contributed by atoms with Crippen molar-refractivity contribution in [2.24, 2.45) is 16.1 Å². The first-order chi connectivity index (χ1) is 24.0. The fraction of sp³-hybridized carbons (Fsp3) is 0.395. The number of carbonyl (C=O) groups is 1. The number of anilines is 1. The van der Waals surface area contributed by atoms with Gasteiger partial charge in [-0.1, -0.05) is 56.0 Å². The number of H-pyrrole nitrogens is 1. The van der Waals surface area contributed by atoms with Crippen LogP contribution in [-0.4, -0.2) is 37.2 Å². The maximum Gasteiger partial charge on any atom is 0.373 e. The van der Waals surface area contributed by atoms with Crippen molar-refractivity contribution in [3.63, 3.8) is 0 Å². The Labute approximate surface area is 302 Å². The number of nitrogen functional groups attached to an aromatic ring is 1. The fourth-order valence-electron chi connectivity index (χ4n) is 6.78. The summed E-state index contributed by atoms with van der Waals surface area (Å²) in [4.78, 5) is 40.2. The van der Waals surface area contributed by atoms with E-state index in [9.17, 15) is 19.8 Å². The van der Waals surface area contributed by atoms with E-state index in [1.54, 1.807) is 25.1 Å². The first-order valence-corrected chi connectivity index (χ1v) is 16.9. The number of aliphatic carboxylic acids is 1. The van der Waals surface area contributed by atoms with Gasteiger partial charge in [-0.15, -0.1) is 22.6 Å². The van der Waals surface area contributed by atoms with E-state index >= 15 is 0 Å². The van der Waals surface area contributed by atoms with Gasteiger partial charge in [0.05, 0.1) is 23.0 Å². The van der Waals surface area contributed by atoms with Gasteiger partial charge >= 0.3 is 12.1 Å². The number of azo groups is 1. The summed E-state index contributed by atoms with van der Waals surface area (Å²) in [6.45, 7) is 5.85. The van der Waals surface area contributed by atoms with Gasteiger partial charge in [0, 0.05) is 0 Å². The summed E-state index contributed by atoms with van der Waals surface area (Å²) in [6.07, 6.45) is 9.19. The van der Waals surface area contributed by atoms with Crippen LogP contribution in [0.15, 0.2) is 69.6 Å². The standard InChI is InChI=1S/C24H28N4O2.C13H17NO3.CO2.ClH/c1-15-12-13-19(14-16(15)2)28-24(30)22(17(3)27-28)26-25-21-11-7-10-20(23(21)29)18-8-5-4-6-9-18;14-11-6-2-5-10(12(11)15)8-3-1-4-9(7-8)13(16)17;2-1-3;/h7,10-14,18,27,29H,4-6,8-9H2,1-3H3;2,5-6,8-9,15H,1,3-4,7,14H2,(H,16,17);;1H. The molecule has 2 aliphatic carbocycles. The van der Waals surface area contributed by atoms with Crippen molar-refractivity contribution >= 4 is 41.6 Å². The molecule has 6 rings (SSSR count). The van der Waals surface area contributed by atoms with Crippen molar-refractivity contribution in [1.29, 1.82) is 0 Å². The molecule has 272 valence electrons. The molecule has 0 aliphatic heterocycles. The molecule has 2 aliphatic rings. The van der Waals surface area contributed by atoms with Crippen LogP contribution in [0.4, 0.5) is 17.1 Å². The molecule has 6 N–H and O–H groups in total. The number of para-hydroxylation sites is 2. The zero-order chi connectivity index (χ0) is 36.4. The van der Waals surface area contributed by atoms with Crippen molar-refractivity contribution in [3.05, 3.63) is 92.9 Å². The first-order valence-electron chi connectivity index (χ1n) is 16.9. The van der Waals surface area contributed by atoms with Crippen LogP contribution in [0.1, 0.15) is 97.6 Å². The number of rotatable bonds is 6. The van der Waals surface area contributed by atoms with Crippen molar-refractivity contribution < 1.29 is 29.7 Å². The number of aromatic nitrogens is 2. The average Bonchev–Trinajstić information content (AvgIpc) is 3.40. The largest absolute Gasteiger partial charge is 0.505 e. The molecule has 1 aromatic heterocycles. The number of halogens is 1. The van der Waals surface area contributed by atoms with Crippen LogP contribution < -0.4 is 11.3 Å². The third kappa shape index (κ3) is 9.96. The zero-order valence-electron chi connectivity index (χ0n) is 29.1. The monoisotopic (exact) mass is 719 g/mol. The van der Waals surface area contributed by atoms with Gasteiger partial charge in [0.1, 0.15) is 17.2 Å². The normalized spacial score (nSPS) is 17.2. The Morgan fingerprint density at radius 2 is 1.47 bits per heavy atom. The lowest BCUT2D eigenvalue weighted by molar-refractivity contribution is -0.191. The second-order valence-electron chi connectivity index (χ2n) is 13.0. The van der Waals surface area contributed by atoms with E-state index in [0.717, 1.165) is 54.5 Å². The highest BCUT2D eigenvalue weighted by Gasteiger charge is 2.29. The fourth-order valence-corrected chi connectivity index (χ4v) is 6.78. The summed E-state index contributed by atoms with van der Waals surface area (Å²) in [5.41, 5.74) is 11.8. The van der Waals surface area contributed by atoms with Crippen molar-refractivity contribution in [2.75, 3.05) is 5.73 Å². The van der Waals surface area contributed by atoms with Gasteiger partial charge in [0.15, 0.2) is 5.69 Å². The molecule has 3 aromatic carbocycles. The van der Waals surface area contributed by atoms with Gasteiger partial charge in [0.2, 0.25) is 0 Å². The van der Waals surface area contributed by atoms with Crippen LogP contribution in [-0.2, 0) is 14.4 Å². The molecule has 51 heavy (non-hydrogen) atoms. The molecule has 2 fully saturated rings. The summed E-state index contributed by atoms with van der Waals surface area (Å²) in [7, 11) is 0. The summed E-state index contributed by atoms with van der Waals surface area (Å²) in [5, 5.41) is 41.2. The highest BCUT2D eigenvalue weighted by Crippen LogP contribution is 2.42. The molecule has 12 nitrogen and oxygen atoms in total. The summed E-state index contributed by atoms with van der Waals surface area (Å²) < 4.78 is 1.48. The Bertz CT molecular complexity index is 1920. The molecular formula is C38H46ClN5O7. The molecule has 0 saturated heterocycles. The SMILES string of the molecule is Cc1ccc(-n2[nH]c(C)c(N=Nc3cccc(C4CCCCC4)c3O)c2=O)cc1C.Cl.Nc1cccc(C2CCCC(C(=O)O)C2)c1O.O=C=O. The second-order valence-corrected chi connectivity index (χ2v) is 13.0. The molecule has 0 radical (unpaired) electrons. The van der Waals surface area contributed by atoms with Crippen molar-refractivity contribution in [2.45, 2.75) is 90.4 Å². The minimum Gasteiger partial charge on any atom is -0.505 e. The van der Waals surface area contributed by atoms with Crippen LogP contribution in [0, 0.1) is 26.7 Å². The summed E-state index contributed by atoms with van der Waals surface area (Å²) >= 11 is 0. The van der Waals surface area contributed by atoms with Gasteiger partial charge in [-0.25, -0.2) is 4.68 Å². The Morgan fingerprint density at radius 1 is 0.843 bits per heavy atom. The van der Waals surface area contributed by atoms with Gasteiger partial charge in [-0.3, -0.25) is 14.7 Å². The molecule has 0 amide bonds. The maximum absolute atomic E-state index is 12.9. The second kappa shape index (κ2) is 18.7. The highest BCUT2D eigenvalue weighted by molar-refractivity contribution is 5.85. The van der Waals surface area contributed by atoms with Gasteiger partial charge in [0.25, 0.3) is 5.56 Å². The Morgan fingerprint density at radius 3 is 2.12 bits per heavy atom. The maximum atomic E-state index is 12.9. The van der Waals surface area contributed by atoms with Crippen LogP contribution in [0.25, 0.3) is 5.69 Å². The number of carboxylic acids is 1. The number of nitrogens with one attached hydrogen (secondary N) is 1. The zero-order valence-corrected chi connectivity index (χ0v) is 29.9. The molecule has 2 atom stereocenters. The Hall–Kier alpha value is -5.19. The highest BCUT2D eigenvalue weighted by atomic mass is 35.5. The average molecular weight is 720 g/mol. The number of nitrogens with two attached hydrogens (primary N) is 1. The summed E-state index contributed by atoms with van der Waals surface area (Å²) in [5.74, 6) is -0.273. The Kier molecular flexibility index (Phi) is 14.8. The number of phenolic OH excluding ortho intramolecular Hbond substituents is 2. The number of hydrogen-bond donors (Lipinski definition) is 5. The lowest BCUT2D eigenvalue weighted by Crippen LogP contribution is -2.21. The van der Waals surface area contributed by atoms with E-state index in [4.69, 9.17) is 20.4 Å². The number of aryl methyl sites for hydroxylation is 3. The molecule has 0 spiro atoms. The molecule has 13 heteroatoms. The van der Waals surface area contributed by atoms with E-state index in [1.165, 1.54) is 29.5 Å². The molecule has 1 heterocycles. The number of hydrogen-bond acceptors (Lipinski definition) is 9. The molecule has 4 aromatic rings. The number of carboxylic acid groups (broad SMARTS) is 1. The number of benzene rings is 3. The predicted molar refractivity (Wildman–Crippen MR) is 196 cm³/mol. The Balaban J connectivity index is 0.000000284. The van der Waals surface area contributed by atoms with Crippen molar-refractivity contribution in [3.8, 4) is 17.2 Å². The topological polar surface area (TPSA) is 200 Å². The van der Waals surface area contributed by atoms with Gasteiger partial charge in [-0.05, 0) is 111 Å². The van der Waals surface area contributed by atoms with Crippen molar-refractivity contribution in [1.82, 2.24) is 9.78 Å². The number of phenols is 2. The minimum atomic E-state index is -0.738. The van der Waals surface area contributed by atoms with E-state index in [1.807, 2.05) is 50.2 Å². The smallest absolute Gasteiger partial charge is 0.373 e. The number of aromatic hydroxyl groups is 2. The first kappa shape index (κ1) is 40.2.